The number of hydrogen-bond donors (Lipinski definition) is 0. The maximum Gasteiger partial charge on any atom is -0.0355 e. The Morgan fingerprint density at radius 1 is 1.14 bits per heavy atom. The lowest BCUT2D eigenvalue weighted by Crippen LogP contribution is -2.06. The lowest BCUT2D eigenvalue weighted by Gasteiger charge is -2.15. The molecule has 5 atom stereocenters. The molecule has 14 heavy (non-hydrogen) atoms. The zero-order valence-electron chi connectivity index (χ0n) is 10.1. The van der Waals surface area contributed by atoms with Gasteiger partial charge in [0.05, 0.1) is 0 Å². The van der Waals surface area contributed by atoms with Gasteiger partial charge in [-0.1, -0.05) is 40.0 Å². The first-order chi connectivity index (χ1) is 6.76. The third kappa shape index (κ3) is 2.32. The molecule has 5 unspecified atom stereocenters. The molecule has 0 N–H and O–H groups in total. The first-order valence-corrected chi connectivity index (χ1v) is 6.76. The Morgan fingerprint density at radius 3 is 2.29 bits per heavy atom. The van der Waals surface area contributed by atoms with E-state index in [1.165, 1.54) is 25.7 Å². The van der Waals surface area contributed by atoms with Crippen LogP contribution in [0.4, 0.5) is 0 Å². The quantitative estimate of drug-likeness (QED) is 0.584. The molecule has 0 aromatic heterocycles. The molecule has 2 aliphatic rings. The minimum absolute atomic E-state index is 1.06. The summed E-state index contributed by atoms with van der Waals surface area (Å²) in [6, 6.07) is 0. The summed E-state index contributed by atoms with van der Waals surface area (Å²) in [5, 5.41) is 0. The Hall–Kier alpha value is 0. The molecule has 0 amide bonds. The molecule has 2 fully saturated rings. The van der Waals surface area contributed by atoms with Crippen molar-refractivity contribution >= 4 is 0 Å². The third-order valence-electron chi connectivity index (χ3n) is 4.65. The average molecular weight is 194 g/mol. The van der Waals surface area contributed by atoms with Gasteiger partial charge in [-0.3, -0.25) is 0 Å². The monoisotopic (exact) mass is 194 g/mol. The first kappa shape index (κ1) is 10.5. The van der Waals surface area contributed by atoms with E-state index in [1.54, 1.807) is 12.8 Å². The van der Waals surface area contributed by atoms with E-state index in [9.17, 15) is 0 Å². The second kappa shape index (κ2) is 4.24. The van der Waals surface area contributed by atoms with E-state index in [0.717, 1.165) is 29.6 Å². The topological polar surface area (TPSA) is 0 Å². The molecule has 0 heteroatoms. The second-order valence-electron chi connectivity index (χ2n) is 5.83. The van der Waals surface area contributed by atoms with Gasteiger partial charge in [-0.05, 0) is 48.9 Å². The lowest BCUT2D eigenvalue weighted by atomic mass is 9.90. The van der Waals surface area contributed by atoms with Crippen molar-refractivity contribution < 1.29 is 0 Å². The van der Waals surface area contributed by atoms with Gasteiger partial charge in [-0.25, -0.2) is 0 Å². The predicted molar refractivity (Wildman–Crippen MR) is 62.2 cm³/mol. The fraction of sp³-hybridized carbons (Fsp3) is 1.00. The molecule has 0 aromatic carbocycles. The molecule has 0 heterocycles. The highest BCUT2D eigenvalue weighted by atomic mass is 14.5. The van der Waals surface area contributed by atoms with Crippen LogP contribution in [0.25, 0.3) is 0 Å². The molecule has 0 bridgehead atoms. The third-order valence-corrected chi connectivity index (χ3v) is 4.65. The summed E-state index contributed by atoms with van der Waals surface area (Å²) >= 11 is 0. The summed E-state index contributed by atoms with van der Waals surface area (Å²) in [5.41, 5.74) is 0. The zero-order chi connectivity index (χ0) is 10.1. The van der Waals surface area contributed by atoms with Crippen LogP contribution in [0.1, 0.15) is 59.3 Å². The fourth-order valence-corrected chi connectivity index (χ4v) is 3.31. The van der Waals surface area contributed by atoms with E-state index < -0.39 is 0 Å². The van der Waals surface area contributed by atoms with Crippen molar-refractivity contribution in [2.24, 2.45) is 29.6 Å². The van der Waals surface area contributed by atoms with Gasteiger partial charge in [0.2, 0.25) is 0 Å². The van der Waals surface area contributed by atoms with Crippen LogP contribution in [0, 0.1) is 29.6 Å². The molecule has 0 aliphatic heterocycles. The fourth-order valence-electron chi connectivity index (χ4n) is 3.31. The Kier molecular flexibility index (Phi) is 3.19. The second-order valence-corrected chi connectivity index (χ2v) is 5.83. The summed E-state index contributed by atoms with van der Waals surface area (Å²) in [4.78, 5) is 0. The molecule has 0 spiro atoms. The lowest BCUT2D eigenvalue weighted by molar-refractivity contribution is 0.349. The van der Waals surface area contributed by atoms with Crippen molar-refractivity contribution in [2.75, 3.05) is 0 Å². The molecule has 0 saturated heterocycles. The smallest absolute Gasteiger partial charge is 0.0355 e. The van der Waals surface area contributed by atoms with Crippen molar-refractivity contribution in [3.05, 3.63) is 0 Å². The minimum Gasteiger partial charge on any atom is -0.0654 e. The molecule has 2 aliphatic carbocycles. The van der Waals surface area contributed by atoms with Crippen LogP contribution in [0.15, 0.2) is 0 Å². The Balaban J connectivity index is 1.76. The molecular weight excluding hydrogens is 168 g/mol. The van der Waals surface area contributed by atoms with E-state index in [2.05, 4.69) is 20.8 Å². The van der Waals surface area contributed by atoms with E-state index in [1.807, 2.05) is 0 Å². The highest BCUT2D eigenvalue weighted by molar-refractivity contribution is 4.94. The van der Waals surface area contributed by atoms with Gasteiger partial charge in [0.15, 0.2) is 0 Å². The highest BCUT2D eigenvalue weighted by Crippen LogP contribution is 2.53. The van der Waals surface area contributed by atoms with E-state index >= 15 is 0 Å². The van der Waals surface area contributed by atoms with Gasteiger partial charge in [0.1, 0.15) is 0 Å². The summed E-state index contributed by atoms with van der Waals surface area (Å²) < 4.78 is 0. The number of rotatable bonds is 6. The van der Waals surface area contributed by atoms with Crippen molar-refractivity contribution in [3.63, 3.8) is 0 Å². The highest BCUT2D eigenvalue weighted by Gasteiger charge is 2.44. The van der Waals surface area contributed by atoms with Crippen LogP contribution in [0.2, 0.25) is 0 Å². The summed E-state index contributed by atoms with van der Waals surface area (Å²) in [7, 11) is 0. The van der Waals surface area contributed by atoms with Crippen molar-refractivity contribution in [1.29, 1.82) is 0 Å². The van der Waals surface area contributed by atoms with Crippen LogP contribution in [-0.4, -0.2) is 0 Å². The van der Waals surface area contributed by atoms with E-state index in [0.29, 0.717) is 0 Å². The maximum absolute atomic E-state index is 2.43. The minimum atomic E-state index is 1.06. The summed E-state index contributed by atoms with van der Waals surface area (Å²) in [6.07, 6.45) is 9.00. The predicted octanol–water partition coefficient (Wildman–Crippen LogP) is 4.49. The van der Waals surface area contributed by atoms with Gasteiger partial charge in [0, 0.05) is 0 Å². The number of hydrogen-bond acceptors (Lipinski definition) is 0. The molecule has 82 valence electrons. The Bertz CT molecular complexity index is 184. The molecule has 2 rings (SSSR count). The molecule has 0 radical (unpaired) electrons. The Morgan fingerprint density at radius 2 is 1.86 bits per heavy atom. The van der Waals surface area contributed by atoms with Crippen LogP contribution >= 0.6 is 0 Å². The van der Waals surface area contributed by atoms with Crippen molar-refractivity contribution in [2.45, 2.75) is 59.3 Å². The van der Waals surface area contributed by atoms with Crippen LogP contribution < -0.4 is 0 Å². The average Bonchev–Trinajstić information content (AvgIpc) is 3.03. The SMILES string of the molecule is CCCC(CC1CC1C)C1CC1CC. The van der Waals surface area contributed by atoms with Gasteiger partial charge in [-0.15, -0.1) is 0 Å². The molecule has 0 nitrogen and oxygen atoms in total. The van der Waals surface area contributed by atoms with Crippen LogP contribution in [-0.2, 0) is 0 Å². The van der Waals surface area contributed by atoms with E-state index in [-0.39, 0.29) is 0 Å². The summed E-state index contributed by atoms with van der Waals surface area (Å²) in [6.45, 7) is 7.15. The zero-order valence-corrected chi connectivity index (χ0v) is 10.1. The van der Waals surface area contributed by atoms with Crippen LogP contribution in [0.5, 0.6) is 0 Å². The van der Waals surface area contributed by atoms with Gasteiger partial charge in [-0.2, -0.15) is 0 Å². The van der Waals surface area contributed by atoms with Gasteiger partial charge in [0.25, 0.3) is 0 Å². The van der Waals surface area contributed by atoms with E-state index in [4.69, 9.17) is 0 Å². The standard InChI is InChI=1S/C14H26/c1-4-6-12(8-13-7-10(13)3)14-9-11(14)5-2/h10-14H,4-9H2,1-3H3. The van der Waals surface area contributed by atoms with Gasteiger partial charge < -0.3 is 0 Å². The van der Waals surface area contributed by atoms with Crippen molar-refractivity contribution in [3.8, 4) is 0 Å². The largest absolute Gasteiger partial charge is 0.0654 e. The van der Waals surface area contributed by atoms with Crippen LogP contribution in [0.3, 0.4) is 0 Å². The maximum atomic E-state index is 2.43. The summed E-state index contributed by atoms with van der Waals surface area (Å²) in [5.74, 6) is 5.52. The Labute approximate surface area is 89.5 Å². The molecule has 0 aromatic rings. The molecular formula is C14H26. The first-order valence-electron chi connectivity index (χ1n) is 6.76. The molecule has 2 saturated carbocycles. The van der Waals surface area contributed by atoms with Crippen molar-refractivity contribution in [1.82, 2.24) is 0 Å². The van der Waals surface area contributed by atoms with Gasteiger partial charge >= 0.3 is 0 Å². The normalized spacial score (nSPS) is 42.2.